The van der Waals surface area contributed by atoms with Crippen LogP contribution in [0.15, 0.2) is 32.5 Å². The molecule has 0 aliphatic carbocycles. The first-order valence-electron chi connectivity index (χ1n) is 11.2. The molecule has 1 saturated heterocycles. The standard InChI is InChI=1S/C21H29N3O8S4/c1-22-17(7-8-20-24(12-14-34-20)10-4-16-36(29,30)31)21(25)32-18(22)5-2-6-19-23(11-13-33-19)9-3-15-35(26,27)28/h2,5-8H,3-4,9-16H2,1H3,(H-,26,27,28,29,30,31)/p+1/b17-7-,20-8-. The second-order valence-electron chi connectivity index (χ2n) is 8.16. The van der Waals surface area contributed by atoms with Gasteiger partial charge in [-0.2, -0.15) is 16.8 Å². The van der Waals surface area contributed by atoms with Crippen molar-refractivity contribution in [2.45, 2.75) is 12.8 Å². The van der Waals surface area contributed by atoms with Crippen molar-refractivity contribution in [3.05, 3.63) is 44.6 Å². The zero-order valence-electron chi connectivity index (χ0n) is 19.8. The van der Waals surface area contributed by atoms with Gasteiger partial charge in [-0.1, -0.05) is 11.8 Å². The van der Waals surface area contributed by atoms with Crippen LogP contribution in [-0.2, 0) is 27.3 Å². The Hall–Kier alpha value is -1.78. The first-order chi connectivity index (χ1) is 16.9. The topological polar surface area (TPSA) is 150 Å². The Morgan fingerprint density at radius 3 is 2.47 bits per heavy atom. The maximum atomic E-state index is 12.4. The number of rotatable bonds is 11. The van der Waals surface area contributed by atoms with Gasteiger partial charge in [0.25, 0.3) is 20.2 Å². The summed E-state index contributed by atoms with van der Waals surface area (Å²) in [6.07, 6.45) is 9.46. The van der Waals surface area contributed by atoms with Gasteiger partial charge in [0, 0.05) is 38.4 Å². The fraction of sp³-hybridized carbons (Fsp3) is 0.524. The van der Waals surface area contributed by atoms with Crippen LogP contribution in [0.2, 0.25) is 0 Å². The van der Waals surface area contributed by atoms with E-state index in [1.807, 2.05) is 21.6 Å². The van der Waals surface area contributed by atoms with Crippen molar-refractivity contribution in [1.82, 2.24) is 9.47 Å². The SMILES string of the molecule is Cn1/c(=C/C=C/C2=[N+](CCCS(=O)(=O)O)CCS2)oc(=O)/c1=C/C=C1\SCCN1CCCS(=O)(=O)O. The van der Waals surface area contributed by atoms with Crippen molar-refractivity contribution in [3.63, 3.8) is 0 Å². The Bertz CT molecular complexity index is 1440. The van der Waals surface area contributed by atoms with Crippen molar-refractivity contribution < 1.29 is 34.9 Å². The molecule has 200 valence electrons. The molecule has 1 aromatic rings. The molecule has 15 heteroatoms. The Morgan fingerprint density at radius 1 is 1.03 bits per heavy atom. The van der Waals surface area contributed by atoms with Gasteiger partial charge in [-0.25, -0.2) is 9.37 Å². The molecular weight excluding hydrogens is 551 g/mol. The van der Waals surface area contributed by atoms with E-state index in [4.69, 9.17) is 13.5 Å². The second kappa shape index (κ2) is 12.6. The van der Waals surface area contributed by atoms with Crippen LogP contribution < -0.4 is 16.5 Å². The average Bonchev–Trinajstić information content (AvgIpc) is 3.46. The van der Waals surface area contributed by atoms with Gasteiger partial charge in [0.2, 0.25) is 10.6 Å². The predicted molar refractivity (Wildman–Crippen MR) is 143 cm³/mol. The van der Waals surface area contributed by atoms with Crippen molar-refractivity contribution >= 4 is 61.0 Å². The summed E-state index contributed by atoms with van der Waals surface area (Å²) in [5, 5.41) is 2.25. The fourth-order valence-corrected chi connectivity index (χ4v) is 6.81. The van der Waals surface area contributed by atoms with Crippen LogP contribution in [0.3, 0.4) is 0 Å². The first kappa shape index (κ1) is 28.8. The van der Waals surface area contributed by atoms with Gasteiger partial charge in [0.15, 0.2) is 6.54 Å². The predicted octanol–water partition coefficient (Wildman–Crippen LogP) is -0.301. The highest BCUT2D eigenvalue weighted by Gasteiger charge is 2.21. The van der Waals surface area contributed by atoms with E-state index >= 15 is 0 Å². The molecule has 36 heavy (non-hydrogen) atoms. The Kier molecular flexibility index (Phi) is 10.1. The van der Waals surface area contributed by atoms with Gasteiger partial charge in [-0.15, -0.1) is 11.8 Å². The molecule has 2 N–H and O–H groups in total. The summed E-state index contributed by atoms with van der Waals surface area (Å²) < 4.78 is 70.6. The highest BCUT2D eigenvalue weighted by atomic mass is 32.2. The van der Waals surface area contributed by atoms with Crippen LogP contribution in [0.1, 0.15) is 12.8 Å². The van der Waals surface area contributed by atoms with Crippen LogP contribution in [0.25, 0.3) is 12.2 Å². The maximum absolute atomic E-state index is 12.4. The molecule has 0 radical (unpaired) electrons. The number of aromatic nitrogens is 1. The molecule has 0 unspecified atom stereocenters. The Morgan fingerprint density at radius 2 is 1.75 bits per heavy atom. The van der Waals surface area contributed by atoms with Crippen LogP contribution in [0.5, 0.6) is 0 Å². The third kappa shape index (κ3) is 8.95. The van der Waals surface area contributed by atoms with E-state index in [9.17, 15) is 21.6 Å². The molecule has 1 aromatic heterocycles. The number of hydrogen-bond donors (Lipinski definition) is 2. The minimum Gasteiger partial charge on any atom is -0.405 e. The van der Waals surface area contributed by atoms with Crippen LogP contribution >= 0.6 is 23.5 Å². The lowest BCUT2D eigenvalue weighted by Crippen LogP contribution is -2.29. The van der Waals surface area contributed by atoms with Crippen LogP contribution in [0.4, 0.5) is 0 Å². The molecule has 3 heterocycles. The largest absolute Gasteiger partial charge is 0.405 e. The lowest BCUT2D eigenvalue weighted by atomic mass is 10.4. The lowest BCUT2D eigenvalue weighted by molar-refractivity contribution is -0.516. The molecule has 1 fully saturated rings. The lowest BCUT2D eigenvalue weighted by Gasteiger charge is -2.17. The summed E-state index contributed by atoms with van der Waals surface area (Å²) in [7, 11) is -6.23. The van der Waals surface area contributed by atoms with Gasteiger partial charge in [0.05, 0.1) is 22.3 Å². The van der Waals surface area contributed by atoms with Crippen molar-refractivity contribution in [1.29, 1.82) is 0 Å². The molecule has 0 spiro atoms. The van der Waals surface area contributed by atoms with Gasteiger partial charge in [0.1, 0.15) is 11.9 Å². The van der Waals surface area contributed by atoms with E-state index in [1.165, 1.54) is 0 Å². The molecule has 0 aromatic carbocycles. The third-order valence-electron chi connectivity index (χ3n) is 5.47. The highest BCUT2D eigenvalue weighted by molar-refractivity contribution is 8.14. The first-order valence-corrected chi connectivity index (χ1v) is 16.4. The number of hydrogen-bond acceptors (Lipinski definition) is 9. The molecule has 3 rings (SSSR count). The van der Waals surface area contributed by atoms with E-state index in [1.54, 1.807) is 53.4 Å². The summed E-state index contributed by atoms with van der Waals surface area (Å²) in [5.74, 6) is 1.16. The van der Waals surface area contributed by atoms with E-state index in [2.05, 4.69) is 0 Å². The maximum Gasteiger partial charge on any atom is 0.361 e. The van der Waals surface area contributed by atoms with Gasteiger partial charge in [-0.05, 0) is 30.7 Å². The molecule has 0 saturated carbocycles. The summed E-state index contributed by atoms with van der Waals surface area (Å²) in [6, 6.07) is 0. The third-order valence-corrected chi connectivity index (χ3v) is 9.23. The molecule has 0 bridgehead atoms. The summed E-state index contributed by atoms with van der Waals surface area (Å²) in [6.45, 7) is 2.55. The molecule has 2 aliphatic rings. The molecule has 11 nitrogen and oxygen atoms in total. The second-order valence-corrected chi connectivity index (χ2v) is 13.5. The molecule has 0 amide bonds. The fourth-order valence-electron chi connectivity index (χ4n) is 3.71. The average molecular weight is 581 g/mol. The summed E-state index contributed by atoms with van der Waals surface area (Å²) in [4.78, 5) is 14.4. The van der Waals surface area contributed by atoms with Crippen LogP contribution in [-0.4, -0.2) is 94.2 Å². The zero-order valence-corrected chi connectivity index (χ0v) is 23.0. The Labute approximate surface area is 218 Å². The quantitative estimate of drug-likeness (QED) is 0.262. The smallest absolute Gasteiger partial charge is 0.361 e. The Balaban J connectivity index is 1.72. The summed E-state index contributed by atoms with van der Waals surface area (Å²) in [5.41, 5.74) is -0.115. The number of thioether (sulfide) groups is 2. The van der Waals surface area contributed by atoms with Crippen molar-refractivity contribution in [2.75, 3.05) is 49.2 Å². The minimum atomic E-state index is -3.99. The van der Waals surface area contributed by atoms with Gasteiger partial charge in [-0.3, -0.25) is 9.11 Å². The molecular formula is C21H30N3O8S4+. The van der Waals surface area contributed by atoms with E-state index in [0.717, 1.165) is 34.7 Å². The van der Waals surface area contributed by atoms with E-state index in [0.29, 0.717) is 36.8 Å². The number of oxazole rings is 1. The van der Waals surface area contributed by atoms with Gasteiger partial charge < -0.3 is 13.9 Å². The van der Waals surface area contributed by atoms with Gasteiger partial charge >= 0.3 is 5.63 Å². The summed E-state index contributed by atoms with van der Waals surface area (Å²) >= 11 is 3.25. The van der Waals surface area contributed by atoms with Crippen LogP contribution in [0, 0.1) is 0 Å². The van der Waals surface area contributed by atoms with Crippen molar-refractivity contribution in [3.8, 4) is 0 Å². The molecule has 0 atom stereocenters. The van der Waals surface area contributed by atoms with E-state index < -0.39 is 25.9 Å². The normalized spacial score (nSPS) is 19.6. The van der Waals surface area contributed by atoms with Crippen molar-refractivity contribution in [2.24, 2.45) is 7.05 Å². The molecule has 2 aliphatic heterocycles. The minimum absolute atomic E-state index is 0.276. The highest BCUT2D eigenvalue weighted by Crippen LogP contribution is 2.27. The number of nitrogens with zero attached hydrogens (tertiary/aromatic N) is 3. The van der Waals surface area contributed by atoms with E-state index in [-0.39, 0.29) is 11.5 Å². The zero-order chi connectivity index (χ0) is 26.3. The monoisotopic (exact) mass is 580 g/mol. The number of allylic oxidation sites excluding steroid dienone is 2.